The molecule has 0 spiro atoms. The van der Waals surface area contributed by atoms with Gasteiger partial charge in [-0.05, 0) is 25.7 Å². The van der Waals surface area contributed by atoms with Crippen LogP contribution in [0.4, 0.5) is 8.78 Å². The van der Waals surface area contributed by atoms with Crippen molar-refractivity contribution in [3.05, 3.63) is 12.0 Å². The molecule has 3 fully saturated rings. The monoisotopic (exact) mass is 552 g/mol. The maximum Gasteiger partial charge on any atom is 0.243 e. The Bertz CT molecular complexity index is 917. The lowest BCUT2D eigenvalue weighted by Crippen LogP contribution is -2.68. The first-order valence-corrected chi connectivity index (χ1v) is 15.0. The Kier molecular flexibility index (Phi) is 9.50. The molecule has 5 aliphatic heterocycles. The molecular weight excluding hydrogens is 504 g/mol. The highest BCUT2D eigenvalue weighted by atomic mass is 19.1. The molecule has 3 saturated heterocycles. The van der Waals surface area contributed by atoms with Crippen molar-refractivity contribution in [1.82, 2.24) is 30.7 Å². The standard InChI is InChI=1S/C27H47F2N9O/c1-2-4-20-5-3-9-36-15-18(28)16-38(20)27(36)23(25(30)31)26(39)34-22-14-33-13-21(29)24(22)35-10-6-19(7-11-35)37-12-8-32-17-37/h15,19,21-25,27,32-33H,2-14,16-17,30-31H2,1H3/p+1. The van der Waals surface area contributed by atoms with Gasteiger partial charge >= 0.3 is 0 Å². The van der Waals surface area contributed by atoms with Crippen molar-refractivity contribution in [2.45, 2.75) is 82.1 Å². The van der Waals surface area contributed by atoms with Crippen LogP contribution in [0.15, 0.2) is 12.0 Å². The zero-order valence-corrected chi connectivity index (χ0v) is 23.3. The van der Waals surface area contributed by atoms with Crippen molar-refractivity contribution in [3.63, 3.8) is 0 Å². The Morgan fingerprint density at radius 2 is 1.97 bits per heavy atom. The number of piperidine rings is 2. The SMILES string of the molecule is CCCC1=[N+]2CC(F)=CN(CCC1)C2C(C(=O)NC1CNCC(F)C1N1CCC(N2CCNC2)CC1)C(N)N. The van der Waals surface area contributed by atoms with E-state index in [0.717, 1.165) is 77.1 Å². The number of amides is 1. The molecule has 5 rings (SSSR count). The highest BCUT2D eigenvalue weighted by molar-refractivity contribution is 5.82. The summed E-state index contributed by atoms with van der Waals surface area (Å²) in [5.41, 5.74) is 13.7. The van der Waals surface area contributed by atoms with Crippen molar-refractivity contribution < 1.29 is 18.2 Å². The van der Waals surface area contributed by atoms with Crippen LogP contribution < -0.4 is 27.4 Å². The van der Waals surface area contributed by atoms with Gasteiger partial charge in [-0.25, -0.2) is 13.4 Å². The first-order valence-electron chi connectivity index (χ1n) is 15.0. The summed E-state index contributed by atoms with van der Waals surface area (Å²) in [6.07, 6.45) is 4.52. The predicted molar refractivity (Wildman–Crippen MR) is 147 cm³/mol. The van der Waals surface area contributed by atoms with Crippen LogP contribution in [0, 0.1) is 5.92 Å². The van der Waals surface area contributed by atoms with Crippen molar-refractivity contribution in [2.75, 3.05) is 59.0 Å². The summed E-state index contributed by atoms with van der Waals surface area (Å²) in [6.45, 7) is 8.24. The highest BCUT2D eigenvalue weighted by Crippen LogP contribution is 2.28. The quantitative estimate of drug-likeness (QED) is 0.202. The van der Waals surface area contributed by atoms with Gasteiger partial charge in [0.2, 0.25) is 12.1 Å². The average molecular weight is 553 g/mol. The molecule has 0 saturated carbocycles. The van der Waals surface area contributed by atoms with E-state index < -0.39 is 36.5 Å². The number of alkyl halides is 1. The van der Waals surface area contributed by atoms with E-state index in [1.165, 1.54) is 6.20 Å². The third kappa shape index (κ3) is 6.31. The molecule has 39 heavy (non-hydrogen) atoms. The van der Waals surface area contributed by atoms with Crippen molar-refractivity contribution >= 4 is 11.6 Å². The molecular formula is C27H48F2N9O+. The van der Waals surface area contributed by atoms with Gasteiger partial charge in [0.05, 0.1) is 18.2 Å². The lowest BCUT2D eigenvalue weighted by molar-refractivity contribution is -0.595. The molecule has 0 aromatic rings. The number of fused-ring (bicyclic) bond motifs is 2. The third-order valence-electron chi connectivity index (χ3n) is 9.29. The molecule has 10 nitrogen and oxygen atoms in total. The maximum atomic E-state index is 15.5. The number of nitrogens with one attached hydrogen (secondary N) is 3. The molecule has 0 aromatic carbocycles. The zero-order valence-electron chi connectivity index (χ0n) is 23.3. The van der Waals surface area contributed by atoms with E-state index in [1.54, 1.807) is 0 Å². The summed E-state index contributed by atoms with van der Waals surface area (Å²) in [7, 11) is 0. The van der Waals surface area contributed by atoms with Gasteiger partial charge in [-0.3, -0.25) is 14.6 Å². The fraction of sp³-hybridized carbons (Fsp3) is 0.852. The molecule has 5 aliphatic rings. The number of nitrogens with two attached hydrogens (primary N) is 2. The van der Waals surface area contributed by atoms with E-state index in [2.05, 4.69) is 32.7 Å². The van der Waals surface area contributed by atoms with Crippen LogP contribution in [0.2, 0.25) is 0 Å². The molecule has 5 unspecified atom stereocenters. The number of likely N-dealkylation sites (tertiary alicyclic amines) is 1. The van der Waals surface area contributed by atoms with Crippen molar-refractivity contribution in [3.8, 4) is 0 Å². The molecule has 5 heterocycles. The van der Waals surface area contributed by atoms with E-state index in [1.807, 2.05) is 9.48 Å². The van der Waals surface area contributed by atoms with E-state index >= 15 is 4.39 Å². The second-order valence-corrected chi connectivity index (χ2v) is 11.9. The van der Waals surface area contributed by atoms with Crippen LogP contribution in [-0.2, 0) is 4.79 Å². The first kappa shape index (κ1) is 28.8. The minimum atomic E-state index is -1.09. The summed E-state index contributed by atoms with van der Waals surface area (Å²) in [5, 5.41) is 9.73. The average Bonchev–Trinajstić information content (AvgIpc) is 3.42. The van der Waals surface area contributed by atoms with Crippen LogP contribution >= 0.6 is 0 Å². The summed E-state index contributed by atoms with van der Waals surface area (Å²) >= 11 is 0. The highest BCUT2D eigenvalue weighted by Gasteiger charge is 2.49. The number of carbonyl (C=O) groups is 1. The third-order valence-corrected chi connectivity index (χ3v) is 9.29. The molecule has 12 heteroatoms. The van der Waals surface area contributed by atoms with E-state index in [0.29, 0.717) is 19.1 Å². The summed E-state index contributed by atoms with van der Waals surface area (Å²) in [5.74, 6) is -1.31. The van der Waals surface area contributed by atoms with Gasteiger partial charge in [-0.1, -0.05) is 6.92 Å². The van der Waals surface area contributed by atoms with Gasteiger partial charge in [0, 0.05) is 77.6 Å². The van der Waals surface area contributed by atoms with Crippen molar-refractivity contribution in [2.24, 2.45) is 17.4 Å². The molecule has 0 radical (unpaired) electrons. The molecule has 220 valence electrons. The number of rotatable bonds is 8. The Labute approximate surface area is 231 Å². The maximum absolute atomic E-state index is 15.5. The second-order valence-electron chi connectivity index (χ2n) is 11.9. The van der Waals surface area contributed by atoms with Crippen LogP contribution in [0.5, 0.6) is 0 Å². The number of nitrogens with zero attached hydrogens (tertiary/aromatic N) is 4. The normalized spacial score (nSPS) is 32.4. The fourth-order valence-electron chi connectivity index (χ4n) is 7.46. The number of hydrogen-bond donors (Lipinski definition) is 5. The largest absolute Gasteiger partial charge is 0.350 e. The van der Waals surface area contributed by atoms with Crippen molar-refractivity contribution in [1.29, 1.82) is 0 Å². The van der Waals surface area contributed by atoms with Gasteiger partial charge < -0.3 is 32.3 Å². The van der Waals surface area contributed by atoms with Gasteiger partial charge in [0.25, 0.3) is 0 Å². The molecule has 7 N–H and O–H groups in total. The smallest absolute Gasteiger partial charge is 0.243 e. The van der Waals surface area contributed by atoms with Crippen LogP contribution in [0.25, 0.3) is 0 Å². The predicted octanol–water partition coefficient (Wildman–Crippen LogP) is -0.532. The molecule has 0 aliphatic carbocycles. The Hall–Kier alpha value is -1.70. The first-order chi connectivity index (χ1) is 18.9. The van der Waals surface area contributed by atoms with Gasteiger partial charge in [0.15, 0.2) is 18.1 Å². The Morgan fingerprint density at radius 3 is 2.67 bits per heavy atom. The fourth-order valence-corrected chi connectivity index (χ4v) is 7.46. The topological polar surface area (TPSA) is 118 Å². The lowest BCUT2D eigenvalue weighted by atomic mass is 9.92. The molecule has 1 amide bonds. The van der Waals surface area contributed by atoms with Crippen LogP contribution in [-0.4, -0.2) is 127 Å². The van der Waals surface area contributed by atoms with Gasteiger partial charge in [-0.2, -0.15) is 0 Å². The summed E-state index contributed by atoms with van der Waals surface area (Å²) in [4.78, 5) is 20.6. The van der Waals surface area contributed by atoms with E-state index in [-0.39, 0.29) is 24.8 Å². The Morgan fingerprint density at radius 1 is 1.18 bits per heavy atom. The Balaban J connectivity index is 1.33. The number of carbonyl (C=O) groups excluding carboxylic acids is 1. The zero-order chi connectivity index (χ0) is 27.5. The minimum absolute atomic E-state index is 0.120. The van der Waals surface area contributed by atoms with Crippen LogP contribution in [0.3, 0.4) is 0 Å². The lowest BCUT2D eigenvalue weighted by Gasteiger charge is -2.46. The minimum Gasteiger partial charge on any atom is -0.350 e. The van der Waals surface area contributed by atoms with E-state index in [9.17, 15) is 9.18 Å². The van der Waals surface area contributed by atoms with Crippen LogP contribution in [0.1, 0.15) is 45.4 Å². The molecule has 2 bridgehead atoms. The van der Waals surface area contributed by atoms with Gasteiger partial charge in [0.1, 0.15) is 12.1 Å². The summed E-state index contributed by atoms with van der Waals surface area (Å²) in [6, 6.07) is -0.297. The molecule has 5 atom stereocenters. The number of hydrogen-bond acceptors (Lipinski definition) is 8. The van der Waals surface area contributed by atoms with Gasteiger partial charge in [-0.15, -0.1) is 0 Å². The van der Waals surface area contributed by atoms with E-state index in [4.69, 9.17) is 11.5 Å². The second kappa shape index (κ2) is 12.9. The number of halogens is 2. The summed E-state index contributed by atoms with van der Waals surface area (Å²) < 4.78 is 32.2. The molecule has 0 aromatic heterocycles.